The van der Waals surface area contributed by atoms with Gasteiger partial charge < -0.3 is 47.9 Å². The first-order valence-corrected chi connectivity index (χ1v) is 25.4. The predicted molar refractivity (Wildman–Crippen MR) is 282 cm³/mol. The maximum atomic E-state index is 15.1. The van der Waals surface area contributed by atoms with Crippen molar-refractivity contribution >= 4 is 24.0 Å². The van der Waals surface area contributed by atoms with Gasteiger partial charge in [0.1, 0.15) is 47.3 Å². The van der Waals surface area contributed by atoms with Gasteiger partial charge in [-0.25, -0.2) is 19.2 Å². The highest BCUT2D eigenvalue weighted by molar-refractivity contribution is 6.00. The molecule has 4 aromatic carbocycles. The molecule has 6 atom stereocenters. The number of benzene rings is 4. The van der Waals surface area contributed by atoms with Gasteiger partial charge in [0.05, 0.1) is 68.8 Å². The first-order valence-electron chi connectivity index (χ1n) is 25.4. The van der Waals surface area contributed by atoms with Crippen molar-refractivity contribution in [1.29, 1.82) is 0 Å². The molecule has 402 valence electrons. The Balaban J connectivity index is 1.57. The number of nitrogens with zero attached hydrogens (tertiary/aromatic N) is 1. The lowest BCUT2D eigenvalue weighted by Gasteiger charge is -2.46. The fourth-order valence-electron chi connectivity index (χ4n) is 8.58. The van der Waals surface area contributed by atoms with Gasteiger partial charge in [0, 0.05) is 12.8 Å². The van der Waals surface area contributed by atoms with Crippen LogP contribution in [0.1, 0.15) is 122 Å². The van der Waals surface area contributed by atoms with Crippen LogP contribution in [0.5, 0.6) is 0 Å². The summed E-state index contributed by atoms with van der Waals surface area (Å²) in [7, 11) is 1.18. The normalized spacial score (nSPS) is 18.4. The zero-order valence-corrected chi connectivity index (χ0v) is 45.2. The molecule has 0 saturated carbocycles. The third kappa shape index (κ3) is 17.8. The van der Waals surface area contributed by atoms with Crippen molar-refractivity contribution < 1.29 is 61.8 Å². The predicted octanol–water partition coefficient (Wildman–Crippen LogP) is 10.2. The van der Waals surface area contributed by atoms with Crippen LogP contribution >= 0.6 is 0 Å². The van der Waals surface area contributed by atoms with E-state index in [4.69, 9.17) is 47.6 Å². The van der Waals surface area contributed by atoms with E-state index in [1.54, 1.807) is 69.2 Å². The molecule has 15 nitrogen and oxygen atoms in total. The number of carbonyl (C=O) groups excluding carboxylic acids is 4. The van der Waals surface area contributed by atoms with Gasteiger partial charge in [0.2, 0.25) is 0 Å². The Morgan fingerprint density at radius 1 is 0.560 bits per heavy atom. The van der Waals surface area contributed by atoms with E-state index in [-0.39, 0.29) is 74.0 Å². The van der Waals surface area contributed by atoms with E-state index in [0.29, 0.717) is 0 Å². The lowest BCUT2D eigenvalue weighted by Crippen LogP contribution is -2.61. The van der Waals surface area contributed by atoms with Crippen molar-refractivity contribution in [2.75, 3.05) is 13.7 Å². The highest BCUT2D eigenvalue weighted by Crippen LogP contribution is 2.36. The second kappa shape index (κ2) is 26.3. The number of alkyl carbamates (subject to hydrolysis) is 1. The Bertz CT molecular complexity index is 2630. The summed E-state index contributed by atoms with van der Waals surface area (Å²) in [5, 5.41) is 2.61. The second-order valence-corrected chi connectivity index (χ2v) is 21.5. The van der Waals surface area contributed by atoms with E-state index >= 15 is 4.79 Å². The molecule has 1 amide bonds. The molecular formula is C60H74N2O13. The molecule has 0 spiro atoms. The molecule has 1 aliphatic rings. The van der Waals surface area contributed by atoms with E-state index in [9.17, 15) is 14.4 Å². The molecule has 0 unspecified atom stereocenters. The molecule has 1 N–H and O–H groups in total. The summed E-state index contributed by atoms with van der Waals surface area (Å²) in [6, 6.07) is 37.5. The number of aryl methyl sites for hydroxylation is 1. The topological polar surface area (TPSA) is 176 Å². The monoisotopic (exact) mass is 1030 g/mol. The Labute approximate surface area is 441 Å². The van der Waals surface area contributed by atoms with Crippen LogP contribution in [0.25, 0.3) is 0 Å². The summed E-state index contributed by atoms with van der Waals surface area (Å²) >= 11 is 0. The van der Waals surface area contributed by atoms with Crippen molar-refractivity contribution in [2.24, 2.45) is 0 Å². The van der Waals surface area contributed by atoms with Gasteiger partial charge in [-0.05, 0) is 97.1 Å². The van der Waals surface area contributed by atoms with E-state index in [1.165, 1.54) is 7.11 Å². The Kier molecular flexibility index (Phi) is 20.3. The molecule has 0 bridgehead atoms. The Hall–Kier alpha value is -6.49. The van der Waals surface area contributed by atoms with Crippen LogP contribution in [0, 0.1) is 6.92 Å². The summed E-state index contributed by atoms with van der Waals surface area (Å²) in [6.07, 6.45) is -5.91. The number of ether oxygens (including phenoxy) is 9. The highest BCUT2D eigenvalue weighted by atomic mass is 16.6. The summed E-state index contributed by atoms with van der Waals surface area (Å²) < 4.78 is 57.7. The SMILES string of the molecule is COC(=O)[C@H](Cc1nc(C)c(C(=O)OC(C)(C)C)c(C[C@H]2O[C@H](COCc3ccccc3)[C@@H](OCc3ccccc3)[C@H](OCc3ccccc3)[C@H]2OCc2ccccc2)c1C(=O)OC(C)(C)C)NC(=O)OC(C)(C)C. The second-order valence-electron chi connectivity index (χ2n) is 21.5. The van der Waals surface area contributed by atoms with Gasteiger partial charge in [-0.1, -0.05) is 121 Å². The van der Waals surface area contributed by atoms with Crippen LogP contribution < -0.4 is 5.32 Å². The minimum absolute atomic E-state index is 0.0178. The minimum atomic E-state index is -1.41. The molecule has 2 heterocycles. The lowest BCUT2D eigenvalue weighted by molar-refractivity contribution is -0.272. The van der Waals surface area contributed by atoms with Gasteiger partial charge >= 0.3 is 24.0 Å². The maximum Gasteiger partial charge on any atom is 0.408 e. The summed E-state index contributed by atoms with van der Waals surface area (Å²) in [5.41, 5.74) is 0.867. The average molecular weight is 1030 g/mol. The molecule has 1 fully saturated rings. The van der Waals surface area contributed by atoms with Crippen molar-refractivity contribution in [3.8, 4) is 0 Å². The van der Waals surface area contributed by atoms with E-state index < -0.39 is 77.4 Å². The van der Waals surface area contributed by atoms with E-state index in [1.807, 2.05) is 121 Å². The molecule has 1 aromatic heterocycles. The summed E-state index contributed by atoms with van der Waals surface area (Å²) in [6.45, 7) is 17.8. The number of amides is 1. The minimum Gasteiger partial charge on any atom is -0.467 e. The Morgan fingerprint density at radius 3 is 1.41 bits per heavy atom. The van der Waals surface area contributed by atoms with Crippen LogP contribution in [-0.2, 0) is 86.7 Å². The molecule has 75 heavy (non-hydrogen) atoms. The van der Waals surface area contributed by atoms with E-state index in [0.717, 1.165) is 22.3 Å². The summed E-state index contributed by atoms with van der Waals surface area (Å²) in [4.78, 5) is 61.6. The van der Waals surface area contributed by atoms with Crippen molar-refractivity contribution in [2.45, 2.75) is 162 Å². The zero-order chi connectivity index (χ0) is 54.3. The number of pyridine rings is 1. The number of nitrogens with one attached hydrogen (secondary N) is 1. The van der Waals surface area contributed by atoms with Gasteiger partial charge in [-0.2, -0.15) is 0 Å². The molecule has 1 aliphatic heterocycles. The first kappa shape index (κ1) is 57.8. The molecule has 15 heteroatoms. The standard InChI is InChI=1S/C60H74N2O13/c1-39-49(55(64)73-58(2,3)4)44(50(56(65)74-59(5,6)7)45(61-39)33-46(54(63)67-11)62-57(66)75-60(8,9)10)32-47-51(69-35-41-26-18-13-19-27-41)53(71-37-43-30-22-15-23-31-43)52(70-36-42-28-20-14-21-29-42)48(72-47)38-68-34-40-24-16-12-17-25-40/h12-31,46-48,51-53H,32-38H2,1-11H3,(H,62,66)/t46-,47+,48+,51-,52+,53+/m0/s1. The van der Waals surface area contributed by atoms with Gasteiger partial charge in [0.25, 0.3) is 0 Å². The average Bonchev–Trinajstić information content (AvgIpc) is 3.34. The maximum absolute atomic E-state index is 15.1. The quantitative estimate of drug-likeness (QED) is 0.0543. The number of esters is 3. The molecule has 0 radical (unpaired) electrons. The lowest BCUT2D eigenvalue weighted by atomic mass is 9.86. The van der Waals surface area contributed by atoms with Crippen LogP contribution in [-0.4, -0.2) is 96.1 Å². The molecule has 6 rings (SSSR count). The van der Waals surface area contributed by atoms with Gasteiger partial charge in [-0.15, -0.1) is 0 Å². The van der Waals surface area contributed by atoms with Crippen LogP contribution in [0.15, 0.2) is 121 Å². The van der Waals surface area contributed by atoms with Crippen LogP contribution in [0.3, 0.4) is 0 Å². The zero-order valence-electron chi connectivity index (χ0n) is 45.2. The number of rotatable bonds is 21. The van der Waals surface area contributed by atoms with Crippen molar-refractivity contribution in [3.63, 3.8) is 0 Å². The Morgan fingerprint density at radius 2 is 0.973 bits per heavy atom. The number of hydrogen-bond donors (Lipinski definition) is 1. The largest absolute Gasteiger partial charge is 0.467 e. The third-order valence-electron chi connectivity index (χ3n) is 11.7. The third-order valence-corrected chi connectivity index (χ3v) is 11.7. The van der Waals surface area contributed by atoms with Crippen LogP contribution in [0.4, 0.5) is 4.79 Å². The van der Waals surface area contributed by atoms with Gasteiger partial charge in [0.15, 0.2) is 0 Å². The van der Waals surface area contributed by atoms with E-state index in [2.05, 4.69) is 5.32 Å². The number of hydrogen-bond acceptors (Lipinski definition) is 14. The molecule has 0 aliphatic carbocycles. The van der Waals surface area contributed by atoms with Gasteiger partial charge in [-0.3, -0.25) is 4.98 Å². The smallest absolute Gasteiger partial charge is 0.408 e. The van der Waals surface area contributed by atoms with Crippen LogP contribution in [0.2, 0.25) is 0 Å². The van der Waals surface area contributed by atoms with Crippen molar-refractivity contribution in [1.82, 2.24) is 10.3 Å². The number of aromatic nitrogens is 1. The van der Waals surface area contributed by atoms with Crippen molar-refractivity contribution in [3.05, 3.63) is 172 Å². The molecular weight excluding hydrogens is 957 g/mol. The molecule has 1 saturated heterocycles. The highest BCUT2D eigenvalue weighted by Gasteiger charge is 2.49. The fraction of sp³-hybridized carbons (Fsp3) is 0.450. The summed E-state index contributed by atoms with van der Waals surface area (Å²) in [5.74, 6) is -2.46. The molecule has 5 aromatic rings. The number of methoxy groups -OCH3 is 1. The fourth-order valence-corrected chi connectivity index (χ4v) is 8.58. The number of carbonyl (C=O) groups is 4. The first-order chi connectivity index (χ1) is 35.6.